The van der Waals surface area contributed by atoms with Crippen LogP contribution >= 0.6 is 0 Å². The number of sulfonamides is 1. The van der Waals surface area contributed by atoms with Gasteiger partial charge >= 0.3 is 0 Å². The highest BCUT2D eigenvalue weighted by Crippen LogP contribution is 2.21. The average molecular weight is 476 g/mol. The van der Waals surface area contributed by atoms with Crippen LogP contribution in [0.1, 0.15) is 49.3 Å². The van der Waals surface area contributed by atoms with Gasteiger partial charge in [-0.05, 0) is 68.8 Å². The summed E-state index contributed by atoms with van der Waals surface area (Å²) in [6.07, 6.45) is 4.80. The van der Waals surface area contributed by atoms with Gasteiger partial charge in [0.2, 0.25) is 15.9 Å². The molecule has 1 atom stereocenters. The number of aryl methyl sites for hydroxylation is 1. The molecule has 1 fully saturated rings. The number of carbonyl (C=O) groups excluding carboxylic acids is 1. The number of carbonyl (C=O) groups is 1. The van der Waals surface area contributed by atoms with Gasteiger partial charge in [0, 0.05) is 26.1 Å². The van der Waals surface area contributed by atoms with Gasteiger partial charge in [0.05, 0.1) is 10.9 Å². The van der Waals surface area contributed by atoms with Gasteiger partial charge in [-0.1, -0.05) is 37.1 Å². The van der Waals surface area contributed by atoms with Crippen molar-refractivity contribution in [1.82, 2.24) is 14.5 Å². The molecular formula is C25H34FN3O3S. The van der Waals surface area contributed by atoms with Gasteiger partial charge in [-0.2, -0.15) is 4.31 Å². The zero-order valence-electron chi connectivity index (χ0n) is 19.5. The van der Waals surface area contributed by atoms with Gasteiger partial charge in [0.25, 0.3) is 0 Å². The van der Waals surface area contributed by atoms with E-state index in [1.165, 1.54) is 12.1 Å². The van der Waals surface area contributed by atoms with Crippen molar-refractivity contribution < 1.29 is 17.6 Å². The molecule has 0 bridgehead atoms. The van der Waals surface area contributed by atoms with E-state index in [1.807, 2.05) is 19.0 Å². The maximum atomic E-state index is 13.2. The number of amides is 1. The van der Waals surface area contributed by atoms with E-state index in [1.54, 1.807) is 40.7 Å². The fraction of sp³-hybridized carbons (Fsp3) is 0.480. The Morgan fingerprint density at radius 2 is 1.61 bits per heavy atom. The quantitative estimate of drug-likeness (QED) is 0.600. The second kappa shape index (κ2) is 11.7. The molecule has 1 heterocycles. The molecular weight excluding hydrogens is 441 g/mol. The van der Waals surface area contributed by atoms with Crippen LogP contribution in [0.5, 0.6) is 0 Å². The Balaban J connectivity index is 1.52. The first kappa shape index (κ1) is 25.3. The van der Waals surface area contributed by atoms with E-state index in [0.717, 1.165) is 36.8 Å². The largest absolute Gasteiger partial charge is 0.354 e. The van der Waals surface area contributed by atoms with E-state index in [2.05, 4.69) is 5.32 Å². The number of halogens is 1. The molecule has 0 spiro atoms. The third kappa shape index (κ3) is 7.09. The highest BCUT2D eigenvalue weighted by Gasteiger charge is 2.25. The summed E-state index contributed by atoms with van der Waals surface area (Å²) in [4.78, 5) is 14.7. The Labute approximate surface area is 196 Å². The Kier molecular flexibility index (Phi) is 9.00. The van der Waals surface area contributed by atoms with Crippen LogP contribution < -0.4 is 5.32 Å². The summed E-state index contributed by atoms with van der Waals surface area (Å²) in [6, 6.07) is 13.1. The molecule has 0 aliphatic carbocycles. The maximum Gasteiger partial charge on any atom is 0.243 e. The molecule has 1 unspecified atom stereocenters. The second-order valence-electron chi connectivity index (χ2n) is 8.80. The van der Waals surface area contributed by atoms with Gasteiger partial charge in [0.1, 0.15) is 5.82 Å². The monoisotopic (exact) mass is 475 g/mol. The number of nitrogens with one attached hydrogen (secondary N) is 1. The minimum atomic E-state index is -3.46. The molecule has 33 heavy (non-hydrogen) atoms. The van der Waals surface area contributed by atoms with Crippen LogP contribution in [0.15, 0.2) is 53.4 Å². The van der Waals surface area contributed by atoms with Gasteiger partial charge in [0.15, 0.2) is 0 Å². The lowest BCUT2D eigenvalue weighted by atomic mass is 10.1. The van der Waals surface area contributed by atoms with Crippen molar-refractivity contribution in [1.29, 1.82) is 0 Å². The second-order valence-corrected chi connectivity index (χ2v) is 10.7. The van der Waals surface area contributed by atoms with E-state index in [9.17, 15) is 17.6 Å². The smallest absolute Gasteiger partial charge is 0.243 e. The Morgan fingerprint density at radius 3 is 2.18 bits per heavy atom. The molecule has 6 nitrogen and oxygen atoms in total. The van der Waals surface area contributed by atoms with E-state index in [-0.39, 0.29) is 17.8 Å². The fourth-order valence-electron chi connectivity index (χ4n) is 4.10. The lowest BCUT2D eigenvalue weighted by molar-refractivity contribution is -0.121. The molecule has 1 aliphatic heterocycles. The number of benzene rings is 2. The summed E-state index contributed by atoms with van der Waals surface area (Å²) in [5, 5.41) is 2.96. The number of nitrogens with zero attached hydrogens (tertiary/aromatic N) is 2. The van der Waals surface area contributed by atoms with E-state index >= 15 is 0 Å². The Bertz CT molecular complexity index is 1000. The first-order chi connectivity index (χ1) is 15.8. The molecule has 2 aromatic carbocycles. The molecule has 1 N–H and O–H groups in total. The SMILES string of the molecule is CN(C)C(CNC(=O)CCc1ccc(S(=O)(=O)N2CCCCCC2)cc1)c1ccc(F)cc1. The number of hydrogen-bond donors (Lipinski definition) is 1. The maximum absolute atomic E-state index is 13.2. The van der Waals surface area contributed by atoms with Crippen LogP contribution in [0.25, 0.3) is 0 Å². The molecule has 0 aromatic heterocycles. The predicted octanol–water partition coefficient (Wildman–Crippen LogP) is 3.74. The number of likely N-dealkylation sites (N-methyl/N-ethyl adjacent to an activating group) is 1. The van der Waals surface area contributed by atoms with Gasteiger partial charge in [-0.15, -0.1) is 0 Å². The van der Waals surface area contributed by atoms with E-state index in [4.69, 9.17) is 0 Å². The van der Waals surface area contributed by atoms with Crippen molar-refractivity contribution in [2.45, 2.75) is 49.5 Å². The van der Waals surface area contributed by atoms with Crippen molar-refractivity contribution in [3.63, 3.8) is 0 Å². The molecule has 180 valence electrons. The molecule has 0 saturated carbocycles. The summed E-state index contributed by atoms with van der Waals surface area (Å²) in [5.41, 5.74) is 1.85. The third-order valence-corrected chi connectivity index (χ3v) is 8.05. The summed E-state index contributed by atoms with van der Waals surface area (Å²) < 4.78 is 40.6. The van der Waals surface area contributed by atoms with Crippen molar-refractivity contribution in [3.05, 3.63) is 65.5 Å². The predicted molar refractivity (Wildman–Crippen MR) is 128 cm³/mol. The molecule has 1 amide bonds. The van der Waals surface area contributed by atoms with Crippen molar-refractivity contribution >= 4 is 15.9 Å². The molecule has 0 radical (unpaired) electrons. The third-order valence-electron chi connectivity index (χ3n) is 6.14. The molecule has 8 heteroatoms. The highest BCUT2D eigenvalue weighted by molar-refractivity contribution is 7.89. The standard InChI is InChI=1S/C25H34FN3O3S/c1-28(2)24(21-10-12-22(26)13-11-21)19-27-25(30)16-9-20-7-14-23(15-8-20)33(31,32)29-17-5-3-4-6-18-29/h7-8,10-15,24H,3-6,9,16-19H2,1-2H3,(H,27,30). The number of hydrogen-bond acceptors (Lipinski definition) is 4. The van der Waals surface area contributed by atoms with Crippen LogP contribution in [0, 0.1) is 5.82 Å². The van der Waals surface area contributed by atoms with Crippen LogP contribution in [0.2, 0.25) is 0 Å². The first-order valence-electron chi connectivity index (χ1n) is 11.5. The number of rotatable bonds is 9. The summed E-state index contributed by atoms with van der Waals surface area (Å²) in [6.45, 7) is 1.58. The zero-order chi connectivity index (χ0) is 23.8. The highest BCUT2D eigenvalue weighted by atomic mass is 32.2. The van der Waals surface area contributed by atoms with E-state index in [0.29, 0.717) is 37.4 Å². The Hall–Kier alpha value is -2.29. The van der Waals surface area contributed by atoms with Crippen molar-refractivity contribution in [3.8, 4) is 0 Å². The summed E-state index contributed by atoms with van der Waals surface area (Å²) in [5.74, 6) is -0.365. The minimum absolute atomic E-state index is 0.0574. The van der Waals surface area contributed by atoms with Crippen LogP contribution in [-0.4, -0.2) is 57.3 Å². The lowest BCUT2D eigenvalue weighted by Crippen LogP contribution is -2.34. The van der Waals surface area contributed by atoms with Gasteiger partial charge in [-0.3, -0.25) is 4.79 Å². The summed E-state index contributed by atoms with van der Waals surface area (Å²) >= 11 is 0. The minimum Gasteiger partial charge on any atom is -0.354 e. The van der Waals surface area contributed by atoms with Crippen molar-refractivity contribution in [2.75, 3.05) is 33.7 Å². The molecule has 1 aliphatic rings. The molecule has 1 saturated heterocycles. The van der Waals surface area contributed by atoms with Crippen molar-refractivity contribution in [2.24, 2.45) is 0 Å². The Morgan fingerprint density at radius 1 is 1.00 bits per heavy atom. The first-order valence-corrected chi connectivity index (χ1v) is 13.0. The lowest BCUT2D eigenvalue weighted by Gasteiger charge is -2.25. The molecule has 2 aromatic rings. The zero-order valence-corrected chi connectivity index (χ0v) is 20.3. The van der Waals surface area contributed by atoms with Gasteiger partial charge < -0.3 is 10.2 Å². The average Bonchev–Trinajstić information content (AvgIpc) is 3.09. The normalized spacial score (nSPS) is 16.4. The molecule has 3 rings (SSSR count). The van der Waals surface area contributed by atoms with Crippen LogP contribution in [0.3, 0.4) is 0 Å². The van der Waals surface area contributed by atoms with E-state index < -0.39 is 10.0 Å². The summed E-state index contributed by atoms with van der Waals surface area (Å²) in [7, 11) is 0.373. The topological polar surface area (TPSA) is 69.7 Å². The van der Waals surface area contributed by atoms with Crippen LogP contribution in [-0.2, 0) is 21.2 Å². The van der Waals surface area contributed by atoms with Gasteiger partial charge in [-0.25, -0.2) is 12.8 Å². The fourth-order valence-corrected chi connectivity index (χ4v) is 5.62. The van der Waals surface area contributed by atoms with Crippen LogP contribution in [0.4, 0.5) is 4.39 Å².